The van der Waals surface area contributed by atoms with E-state index in [9.17, 15) is 25.3 Å². The molecular formula is C14H18N4O5. The summed E-state index contributed by atoms with van der Waals surface area (Å²) in [4.78, 5) is 20.2. The van der Waals surface area contributed by atoms with Crippen LogP contribution in [0.5, 0.6) is 0 Å². The van der Waals surface area contributed by atoms with Gasteiger partial charge in [-0.25, -0.2) is 0 Å². The lowest BCUT2D eigenvalue weighted by Crippen LogP contribution is -2.18. The van der Waals surface area contributed by atoms with Crippen molar-refractivity contribution in [3.63, 3.8) is 0 Å². The summed E-state index contributed by atoms with van der Waals surface area (Å²) in [7, 11) is 0. The molecular weight excluding hydrogens is 304 g/mol. The van der Waals surface area contributed by atoms with Crippen molar-refractivity contribution < 1.29 is 15.0 Å². The standard InChI is InChI=1S/C14H18N4O5/c1-13(2,7-8-14(3,4)19)16-15-11-6-5-10(17(20)21)9-12(11)18(22)23/h5-9,19H,1-4H3/b8-7+,16-15?. The van der Waals surface area contributed by atoms with Crippen molar-refractivity contribution in [1.82, 2.24) is 0 Å². The van der Waals surface area contributed by atoms with Gasteiger partial charge in [0.05, 0.1) is 27.1 Å². The molecule has 9 nitrogen and oxygen atoms in total. The molecule has 1 aromatic rings. The molecule has 0 bridgehead atoms. The number of hydrogen-bond donors (Lipinski definition) is 1. The van der Waals surface area contributed by atoms with Gasteiger partial charge in [0.15, 0.2) is 5.69 Å². The van der Waals surface area contributed by atoms with Crippen LogP contribution < -0.4 is 0 Å². The van der Waals surface area contributed by atoms with E-state index in [0.29, 0.717) is 0 Å². The van der Waals surface area contributed by atoms with Gasteiger partial charge in [-0.15, -0.1) is 5.11 Å². The minimum absolute atomic E-state index is 0.0784. The summed E-state index contributed by atoms with van der Waals surface area (Å²) in [5, 5.41) is 39.2. The Hall–Kier alpha value is -2.68. The van der Waals surface area contributed by atoms with Gasteiger partial charge in [0.25, 0.3) is 5.69 Å². The molecule has 1 N–H and O–H groups in total. The molecule has 0 heterocycles. The van der Waals surface area contributed by atoms with E-state index in [2.05, 4.69) is 10.2 Å². The van der Waals surface area contributed by atoms with Gasteiger partial charge >= 0.3 is 5.69 Å². The third-order valence-electron chi connectivity index (χ3n) is 2.68. The van der Waals surface area contributed by atoms with Crippen molar-refractivity contribution in [2.45, 2.75) is 38.8 Å². The Bertz CT molecular complexity index is 674. The third kappa shape index (κ3) is 5.91. The second kappa shape index (κ2) is 6.61. The molecule has 0 unspecified atom stereocenters. The van der Waals surface area contributed by atoms with Gasteiger partial charge in [0, 0.05) is 6.07 Å². The van der Waals surface area contributed by atoms with Gasteiger partial charge in [-0.3, -0.25) is 20.2 Å². The lowest BCUT2D eigenvalue weighted by Gasteiger charge is -2.16. The minimum atomic E-state index is -1.02. The van der Waals surface area contributed by atoms with Crippen LogP contribution in [-0.2, 0) is 0 Å². The number of rotatable bonds is 6. The quantitative estimate of drug-likeness (QED) is 0.369. The predicted molar refractivity (Wildman–Crippen MR) is 83.8 cm³/mol. The van der Waals surface area contributed by atoms with Crippen LogP contribution in [0.25, 0.3) is 0 Å². The Morgan fingerprint density at radius 1 is 1.09 bits per heavy atom. The Morgan fingerprint density at radius 2 is 1.70 bits per heavy atom. The van der Waals surface area contributed by atoms with Crippen LogP contribution in [0, 0.1) is 20.2 Å². The summed E-state index contributed by atoms with van der Waals surface area (Å²) in [5.41, 5.74) is -2.80. The molecule has 0 aromatic heterocycles. The number of benzene rings is 1. The van der Waals surface area contributed by atoms with Gasteiger partial charge in [0.1, 0.15) is 0 Å². The molecule has 0 atom stereocenters. The van der Waals surface area contributed by atoms with Crippen molar-refractivity contribution in [3.8, 4) is 0 Å². The zero-order valence-corrected chi connectivity index (χ0v) is 13.3. The van der Waals surface area contributed by atoms with Crippen LogP contribution in [0.1, 0.15) is 27.7 Å². The molecule has 124 valence electrons. The van der Waals surface area contributed by atoms with E-state index >= 15 is 0 Å². The van der Waals surface area contributed by atoms with Gasteiger partial charge in [0.2, 0.25) is 0 Å². The Morgan fingerprint density at radius 3 is 2.17 bits per heavy atom. The first-order valence-corrected chi connectivity index (χ1v) is 6.70. The lowest BCUT2D eigenvalue weighted by molar-refractivity contribution is -0.393. The van der Waals surface area contributed by atoms with Crippen LogP contribution in [0.15, 0.2) is 40.6 Å². The minimum Gasteiger partial charge on any atom is -0.386 e. The number of non-ortho nitro benzene ring substituents is 1. The molecule has 0 aliphatic heterocycles. The molecule has 0 saturated carbocycles. The van der Waals surface area contributed by atoms with Gasteiger partial charge in [-0.1, -0.05) is 12.2 Å². The number of nitrogens with zero attached hydrogens (tertiary/aromatic N) is 4. The smallest absolute Gasteiger partial charge is 0.303 e. The van der Waals surface area contributed by atoms with Crippen molar-refractivity contribution in [3.05, 3.63) is 50.6 Å². The summed E-state index contributed by atoms with van der Waals surface area (Å²) in [6.07, 6.45) is 3.16. The zero-order chi connectivity index (χ0) is 17.8. The first-order valence-electron chi connectivity index (χ1n) is 6.70. The van der Waals surface area contributed by atoms with E-state index in [1.54, 1.807) is 33.8 Å². The summed E-state index contributed by atoms with van der Waals surface area (Å²) in [6, 6.07) is 3.14. The van der Waals surface area contributed by atoms with Crippen LogP contribution >= 0.6 is 0 Å². The number of hydrogen-bond acceptors (Lipinski definition) is 7. The average Bonchev–Trinajstić information content (AvgIpc) is 2.42. The highest BCUT2D eigenvalue weighted by Gasteiger charge is 2.21. The highest BCUT2D eigenvalue weighted by Crippen LogP contribution is 2.32. The van der Waals surface area contributed by atoms with Crippen LogP contribution in [0.4, 0.5) is 17.1 Å². The fraction of sp³-hybridized carbons (Fsp3) is 0.429. The maximum absolute atomic E-state index is 11.0. The van der Waals surface area contributed by atoms with E-state index in [1.165, 1.54) is 12.1 Å². The predicted octanol–water partition coefficient (Wildman–Crippen LogP) is 3.69. The van der Waals surface area contributed by atoms with E-state index in [0.717, 1.165) is 12.1 Å². The van der Waals surface area contributed by atoms with Crippen LogP contribution in [0.2, 0.25) is 0 Å². The summed E-state index contributed by atoms with van der Waals surface area (Å²) >= 11 is 0. The van der Waals surface area contributed by atoms with Gasteiger partial charge < -0.3 is 5.11 Å². The van der Waals surface area contributed by atoms with Crippen LogP contribution in [0.3, 0.4) is 0 Å². The van der Waals surface area contributed by atoms with E-state index < -0.39 is 32.4 Å². The highest BCUT2D eigenvalue weighted by molar-refractivity contribution is 5.61. The molecule has 0 aliphatic carbocycles. The number of nitro benzene ring substituents is 2. The molecule has 1 aromatic carbocycles. The maximum Gasteiger partial charge on any atom is 0.303 e. The first-order chi connectivity index (χ1) is 10.4. The normalized spacial score (nSPS) is 12.9. The molecule has 9 heteroatoms. The molecule has 0 amide bonds. The summed E-state index contributed by atoms with van der Waals surface area (Å²) in [6.45, 7) is 6.60. The fourth-order valence-corrected chi connectivity index (χ4v) is 1.48. The van der Waals surface area contributed by atoms with E-state index in [4.69, 9.17) is 0 Å². The maximum atomic E-state index is 11.0. The largest absolute Gasteiger partial charge is 0.386 e. The molecule has 0 radical (unpaired) electrons. The molecule has 23 heavy (non-hydrogen) atoms. The zero-order valence-electron chi connectivity index (χ0n) is 13.3. The first kappa shape index (κ1) is 18.4. The fourth-order valence-electron chi connectivity index (χ4n) is 1.48. The third-order valence-corrected chi connectivity index (χ3v) is 2.68. The molecule has 0 saturated heterocycles. The average molecular weight is 322 g/mol. The van der Waals surface area contributed by atoms with Gasteiger partial charge in [-0.2, -0.15) is 5.11 Å². The molecule has 1 rings (SSSR count). The number of aliphatic hydroxyl groups is 1. The van der Waals surface area contributed by atoms with Crippen molar-refractivity contribution >= 4 is 17.1 Å². The topological polar surface area (TPSA) is 131 Å². The Kier molecular flexibility index (Phi) is 5.28. The molecule has 0 aliphatic rings. The van der Waals surface area contributed by atoms with Gasteiger partial charge in [-0.05, 0) is 33.8 Å². The van der Waals surface area contributed by atoms with E-state index in [1.807, 2.05) is 0 Å². The van der Waals surface area contributed by atoms with Crippen molar-refractivity contribution in [1.29, 1.82) is 0 Å². The monoisotopic (exact) mass is 322 g/mol. The number of azo groups is 1. The second-order valence-corrected chi connectivity index (χ2v) is 6.03. The Labute approximate surface area is 132 Å². The summed E-state index contributed by atoms with van der Waals surface area (Å²) < 4.78 is 0. The van der Waals surface area contributed by atoms with Crippen molar-refractivity contribution in [2.75, 3.05) is 0 Å². The lowest BCUT2D eigenvalue weighted by atomic mass is 10.0. The molecule has 0 spiro atoms. The van der Waals surface area contributed by atoms with Crippen molar-refractivity contribution in [2.24, 2.45) is 10.2 Å². The number of nitro groups is 2. The second-order valence-electron chi connectivity index (χ2n) is 6.03. The Balaban J connectivity index is 3.15. The summed E-state index contributed by atoms with van der Waals surface area (Å²) in [5.74, 6) is 0. The van der Waals surface area contributed by atoms with Crippen LogP contribution in [-0.4, -0.2) is 26.1 Å². The SMILES string of the molecule is CC(C)(O)/C=C/C(C)(C)N=Nc1ccc([N+](=O)[O-])cc1[N+](=O)[O-]. The molecule has 0 fully saturated rings. The highest BCUT2D eigenvalue weighted by atomic mass is 16.6. The van der Waals surface area contributed by atoms with E-state index in [-0.39, 0.29) is 5.69 Å².